The minimum absolute atomic E-state index is 0.00300. The van der Waals surface area contributed by atoms with E-state index in [1.807, 2.05) is 48.2 Å². The molecule has 1 fully saturated rings. The molecule has 0 bridgehead atoms. The third-order valence-corrected chi connectivity index (χ3v) is 5.78. The van der Waals surface area contributed by atoms with Crippen LogP contribution in [0, 0.1) is 12.8 Å². The first-order valence-electron chi connectivity index (χ1n) is 10.5. The predicted octanol–water partition coefficient (Wildman–Crippen LogP) is 4.79. The second-order valence-corrected chi connectivity index (χ2v) is 8.24. The summed E-state index contributed by atoms with van der Waals surface area (Å²) in [5, 5.41) is 0.833. The number of amides is 1. The summed E-state index contributed by atoms with van der Waals surface area (Å²) >= 11 is 0. The zero-order valence-electron chi connectivity index (χ0n) is 17.7. The fourth-order valence-electron chi connectivity index (χ4n) is 4.22. The van der Waals surface area contributed by atoms with Gasteiger partial charge in [0.05, 0.1) is 0 Å². The van der Waals surface area contributed by atoms with Crippen LogP contribution in [-0.2, 0) is 4.79 Å². The molecule has 1 aromatic heterocycles. The molecule has 1 aliphatic rings. The van der Waals surface area contributed by atoms with Gasteiger partial charge in [-0.15, -0.1) is 0 Å². The predicted molar refractivity (Wildman–Crippen MR) is 118 cm³/mol. The maximum absolute atomic E-state index is 12.8. The molecular formula is C25H27NO4. The Morgan fingerprint density at radius 2 is 1.97 bits per heavy atom. The Morgan fingerprint density at radius 3 is 2.73 bits per heavy atom. The highest BCUT2D eigenvalue weighted by molar-refractivity contribution is 5.94. The Kier molecular flexibility index (Phi) is 5.62. The molecule has 4 rings (SSSR count). The number of nitrogens with zero attached hydrogens (tertiary/aromatic N) is 1. The van der Waals surface area contributed by atoms with E-state index in [0.717, 1.165) is 48.0 Å². The number of likely N-dealkylation sites (tertiary alicyclic amines) is 1. The number of hydrogen-bond donors (Lipinski definition) is 0. The van der Waals surface area contributed by atoms with Gasteiger partial charge in [-0.1, -0.05) is 31.2 Å². The standard InChI is InChI=1S/C25H27NO4/c1-16-7-6-12-26(15-16)25(28)18(3)29-19-10-11-21-22(14-24(27)30-23(21)13-19)20-9-5-4-8-17(20)2/h4-5,8-11,13-14,16,18H,6-7,12,15H2,1-3H3. The van der Waals surface area contributed by atoms with E-state index in [0.29, 0.717) is 17.3 Å². The molecule has 2 unspecified atom stereocenters. The Labute approximate surface area is 176 Å². The second kappa shape index (κ2) is 8.34. The Bertz CT molecular complexity index is 1130. The Balaban J connectivity index is 1.62. The third-order valence-electron chi connectivity index (χ3n) is 5.78. The maximum Gasteiger partial charge on any atom is 0.336 e. The first-order chi connectivity index (χ1) is 14.4. The van der Waals surface area contributed by atoms with Crippen molar-refractivity contribution in [1.82, 2.24) is 4.90 Å². The number of rotatable bonds is 4. The molecule has 1 saturated heterocycles. The number of benzene rings is 2. The van der Waals surface area contributed by atoms with Crippen LogP contribution in [0.15, 0.2) is 57.7 Å². The summed E-state index contributed by atoms with van der Waals surface area (Å²) in [7, 11) is 0. The lowest BCUT2D eigenvalue weighted by molar-refractivity contribution is -0.139. The number of hydrogen-bond acceptors (Lipinski definition) is 4. The van der Waals surface area contributed by atoms with Crippen molar-refractivity contribution >= 4 is 16.9 Å². The summed E-state index contributed by atoms with van der Waals surface area (Å²) < 4.78 is 11.4. The van der Waals surface area contributed by atoms with E-state index in [-0.39, 0.29) is 5.91 Å². The van der Waals surface area contributed by atoms with Gasteiger partial charge in [-0.2, -0.15) is 0 Å². The lowest BCUT2D eigenvalue weighted by atomic mass is 9.98. The molecule has 0 saturated carbocycles. The van der Waals surface area contributed by atoms with E-state index >= 15 is 0 Å². The highest BCUT2D eigenvalue weighted by atomic mass is 16.5. The average Bonchev–Trinajstić information content (AvgIpc) is 2.72. The van der Waals surface area contributed by atoms with Gasteiger partial charge in [0.1, 0.15) is 11.3 Å². The molecular weight excluding hydrogens is 378 g/mol. The molecule has 0 spiro atoms. The van der Waals surface area contributed by atoms with Crippen molar-refractivity contribution in [3.63, 3.8) is 0 Å². The lowest BCUT2D eigenvalue weighted by Gasteiger charge is -2.32. The van der Waals surface area contributed by atoms with Crippen molar-refractivity contribution in [3.8, 4) is 16.9 Å². The number of carbonyl (C=O) groups is 1. The van der Waals surface area contributed by atoms with Gasteiger partial charge < -0.3 is 14.1 Å². The number of carbonyl (C=O) groups excluding carboxylic acids is 1. The highest BCUT2D eigenvalue weighted by Gasteiger charge is 2.26. The zero-order valence-corrected chi connectivity index (χ0v) is 17.7. The molecule has 30 heavy (non-hydrogen) atoms. The van der Waals surface area contributed by atoms with E-state index in [1.54, 1.807) is 13.0 Å². The number of fused-ring (bicyclic) bond motifs is 1. The van der Waals surface area contributed by atoms with Gasteiger partial charge in [0.25, 0.3) is 5.91 Å². The fraction of sp³-hybridized carbons (Fsp3) is 0.360. The Hall–Kier alpha value is -3.08. The van der Waals surface area contributed by atoms with Gasteiger partial charge in [0, 0.05) is 36.2 Å². The number of piperidine rings is 1. The molecule has 2 aromatic carbocycles. The zero-order chi connectivity index (χ0) is 21.3. The van der Waals surface area contributed by atoms with Gasteiger partial charge in [-0.05, 0) is 55.9 Å². The van der Waals surface area contributed by atoms with Crippen LogP contribution in [0.1, 0.15) is 32.3 Å². The average molecular weight is 405 g/mol. The highest BCUT2D eigenvalue weighted by Crippen LogP contribution is 2.31. The van der Waals surface area contributed by atoms with Crippen LogP contribution in [0.5, 0.6) is 5.75 Å². The fourth-order valence-corrected chi connectivity index (χ4v) is 4.22. The van der Waals surface area contributed by atoms with Crippen molar-refractivity contribution in [1.29, 1.82) is 0 Å². The third kappa shape index (κ3) is 4.11. The van der Waals surface area contributed by atoms with Gasteiger partial charge in [0.2, 0.25) is 0 Å². The quantitative estimate of drug-likeness (QED) is 0.586. The van der Waals surface area contributed by atoms with E-state index in [2.05, 4.69) is 6.92 Å². The number of aryl methyl sites for hydroxylation is 1. The van der Waals surface area contributed by atoms with E-state index in [1.165, 1.54) is 6.07 Å². The molecule has 0 aliphatic carbocycles. The maximum atomic E-state index is 12.8. The van der Waals surface area contributed by atoms with Crippen molar-refractivity contribution in [2.24, 2.45) is 5.92 Å². The SMILES string of the molecule is Cc1ccccc1-c1cc(=O)oc2cc(OC(C)C(=O)N3CCCC(C)C3)ccc12. The van der Waals surface area contributed by atoms with Crippen molar-refractivity contribution in [3.05, 3.63) is 64.5 Å². The summed E-state index contributed by atoms with van der Waals surface area (Å²) in [4.78, 5) is 26.9. The molecule has 3 aromatic rings. The summed E-state index contributed by atoms with van der Waals surface area (Å²) in [5.74, 6) is 1.03. The molecule has 156 valence electrons. The van der Waals surface area contributed by atoms with Gasteiger partial charge in [-0.3, -0.25) is 4.79 Å². The van der Waals surface area contributed by atoms with Crippen LogP contribution in [0.4, 0.5) is 0 Å². The molecule has 2 atom stereocenters. The van der Waals surface area contributed by atoms with E-state index in [4.69, 9.17) is 9.15 Å². The van der Waals surface area contributed by atoms with Gasteiger partial charge in [0.15, 0.2) is 6.10 Å². The van der Waals surface area contributed by atoms with E-state index < -0.39 is 11.7 Å². The first-order valence-corrected chi connectivity index (χ1v) is 10.5. The molecule has 5 heteroatoms. The van der Waals surface area contributed by atoms with Gasteiger partial charge >= 0.3 is 5.63 Å². The first kappa shape index (κ1) is 20.2. The van der Waals surface area contributed by atoms with Gasteiger partial charge in [-0.25, -0.2) is 4.79 Å². The molecule has 1 aliphatic heterocycles. The summed E-state index contributed by atoms with van der Waals surface area (Å²) in [5.41, 5.74) is 2.94. The van der Waals surface area contributed by atoms with Crippen LogP contribution in [-0.4, -0.2) is 30.0 Å². The molecule has 0 radical (unpaired) electrons. The van der Waals surface area contributed by atoms with Crippen LogP contribution in [0.3, 0.4) is 0 Å². The Morgan fingerprint density at radius 1 is 1.17 bits per heavy atom. The molecule has 5 nitrogen and oxygen atoms in total. The smallest absolute Gasteiger partial charge is 0.336 e. The second-order valence-electron chi connectivity index (χ2n) is 8.24. The van der Waals surface area contributed by atoms with E-state index in [9.17, 15) is 9.59 Å². The van der Waals surface area contributed by atoms with Crippen molar-refractivity contribution in [2.45, 2.75) is 39.7 Å². The lowest BCUT2D eigenvalue weighted by Crippen LogP contribution is -2.45. The van der Waals surface area contributed by atoms with Crippen LogP contribution in [0.25, 0.3) is 22.1 Å². The minimum atomic E-state index is -0.598. The monoisotopic (exact) mass is 405 g/mol. The van der Waals surface area contributed by atoms with Crippen LogP contribution >= 0.6 is 0 Å². The van der Waals surface area contributed by atoms with Crippen molar-refractivity contribution in [2.75, 3.05) is 13.1 Å². The number of ether oxygens (including phenoxy) is 1. The minimum Gasteiger partial charge on any atom is -0.481 e. The van der Waals surface area contributed by atoms with Crippen molar-refractivity contribution < 1.29 is 13.9 Å². The molecule has 0 N–H and O–H groups in total. The molecule has 2 heterocycles. The summed E-state index contributed by atoms with van der Waals surface area (Å²) in [6.07, 6.45) is 1.59. The summed E-state index contributed by atoms with van der Waals surface area (Å²) in [6, 6.07) is 14.9. The summed E-state index contributed by atoms with van der Waals surface area (Å²) in [6.45, 7) is 7.51. The normalized spacial score (nSPS) is 17.7. The van der Waals surface area contributed by atoms with Crippen LogP contribution in [0.2, 0.25) is 0 Å². The molecule has 1 amide bonds. The largest absolute Gasteiger partial charge is 0.481 e. The topological polar surface area (TPSA) is 59.8 Å². The van der Waals surface area contributed by atoms with Crippen LogP contribution < -0.4 is 10.4 Å².